The molecule has 0 atom stereocenters. The summed E-state index contributed by atoms with van der Waals surface area (Å²) in [6, 6.07) is 12.8. The molecule has 0 saturated heterocycles. The van der Waals surface area contributed by atoms with Crippen LogP contribution in [0.4, 0.5) is 26.5 Å². The number of nitrogen functional groups attached to an aromatic ring is 1. The summed E-state index contributed by atoms with van der Waals surface area (Å²) in [4.78, 5) is 25.8. The minimum absolute atomic E-state index is 0.178. The molecule has 33 heavy (non-hydrogen) atoms. The van der Waals surface area contributed by atoms with Gasteiger partial charge in [-0.2, -0.15) is 0 Å². The maximum atomic E-state index is 12.8. The summed E-state index contributed by atoms with van der Waals surface area (Å²) in [5.41, 5.74) is 6.78. The van der Waals surface area contributed by atoms with Crippen LogP contribution in [0.5, 0.6) is 11.5 Å². The number of pyridine rings is 1. The standard InChI is InChI=1S/C15H17FN4O2.C7H6O4/c1-2-22-15(21)19-12-7-8-13(20-14(12)17)18-9-10-3-5-11(16)6-4-10;8-4-1-2-6(9)5(3-4)7(10)11/h3-8H,2,9H2,1H3,(H,19,21)(H3,17,18,20);1-3,8-9H,(H,10,11). The van der Waals surface area contributed by atoms with Crippen molar-refractivity contribution in [2.75, 3.05) is 23.0 Å². The van der Waals surface area contributed by atoms with Gasteiger partial charge in [0.15, 0.2) is 0 Å². The highest BCUT2D eigenvalue weighted by atomic mass is 19.1. The highest BCUT2D eigenvalue weighted by Crippen LogP contribution is 2.21. The number of ether oxygens (including phenoxy) is 1. The number of amides is 1. The van der Waals surface area contributed by atoms with Gasteiger partial charge < -0.3 is 31.1 Å². The first kappa shape index (κ1) is 24.7. The van der Waals surface area contributed by atoms with E-state index in [9.17, 15) is 14.0 Å². The summed E-state index contributed by atoms with van der Waals surface area (Å²) >= 11 is 0. The van der Waals surface area contributed by atoms with Gasteiger partial charge in [0.05, 0.1) is 12.3 Å². The number of phenols is 2. The minimum Gasteiger partial charge on any atom is -0.508 e. The topological polar surface area (TPSA) is 167 Å². The first-order valence-corrected chi connectivity index (χ1v) is 9.63. The van der Waals surface area contributed by atoms with Crippen LogP contribution in [-0.2, 0) is 11.3 Å². The summed E-state index contributed by atoms with van der Waals surface area (Å²) in [7, 11) is 0. The van der Waals surface area contributed by atoms with Gasteiger partial charge >= 0.3 is 12.1 Å². The van der Waals surface area contributed by atoms with E-state index in [2.05, 4.69) is 15.6 Å². The van der Waals surface area contributed by atoms with Crippen LogP contribution < -0.4 is 16.4 Å². The fourth-order valence-electron chi connectivity index (χ4n) is 2.45. The van der Waals surface area contributed by atoms with Crippen LogP contribution in [-0.4, -0.2) is 39.0 Å². The molecule has 1 amide bonds. The molecule has 3 aromatic rings. The number of hydrogen-bond acceptors (Lipinski definition) is 8. The van der Waals surface area contributed by atoms with Crippen LogP contribution >= 0.6 is 0 Å². The third-order valence-corrected chi connectivity index (χ3v) is 4.03. The van der Waals surface area contributed by atoms with Crippen molar-refractivity contribution in [3.63, 3.8) is 0 Å². The van der Waals surface area contributed by atoms with Crippen LogP contribution in [0.3, 0.4) is 0 Å². The van der Waals surface area contributed by atoms with Crippen molar-refractivity contribution in [2.24, 2.45) is 0 Å². The molecule has 2 aromatic carbocycles. The molecular weight excluding hydrogens is 435 g/mol. The van der Waals surface area contributed by atoms with Crippen molar-refractivity contribution in [3.8, 4) is 11.5 Å². The summed E-state index contributed by atoms with van der Waals surface area (Å²) in [6.45, 7) is 2.47. The van der Waals surface area contributed by atoms with Crippen molar-refractivity contribution >= 4 is 29.4 Å². The number of halogens is 1. The van der Waals surface area contributed by atoms with Crippen molar-refractivity contribution < 1.29 is 34.0 Å². The number of carbonyl (C=O) groups is 2. The molecule has 0 bridgehead atoms. The van der Waals surface area contributed by atoms with Crippen LogP contribution in [0, 0.1) is 5.82 Å². The largest absolute Gasteiger partial charge is 0.508 e. The average Bonchev–Trinajstić information content (AvgIpc) is 2.77. The van der Waals surface area contributed by atoms with Gasteiger partial charge in [-0.15, -0.1) is 0 Å². The minimum atomic E-state index is -1.27. The third kappa shape index (κ3) is 7.90. The van der Waals surface area contributed by atoms with Gasteiger partial charge in [0.1, 0.15) is 34.5 Å². The Balaban J connectivity index is 0.000000294. The van der Waals surface area contributed by atoms with Crippen molar-refractivity contribution in [2.45, 2.75) is 13.5 Å². The number of hydrogen-bond donors (Lipinski definition) is 6. The Hall–Kier alpha value is -4.54. The predicted molar refractivity (Wildman–Crippen MR) is 120 cm³/mol. The van der Waals surface area contributed by atoms with Crippen molar-refractivity contribution in [1.29, 1.82) is 0 Å². The van der Waals surface area contributed by atoms with Crippen LogP contribution in [0.15, 0.2) is 54.6 Å². The number of carboxylic acids is 1. The molecule has 7 N–H and O–H groups in total. The van der Waals surface area contributed by atoms with E-state index >= 15 is 0 Å². The molecule has 11 heteroatoms. The second-order valence-electron chi connectivity index (χ2n) is 6.46. The lowest BCUT2D eigenvalue weighted by Crippen LogP contribution is -2.15. The van der Waals surface area contributed by atoms with Crippen molar-refractivity contribution in [1.82, 2.24) is 4.98 Å². The number of rotatable bonds is 6. The van der Waals surface area contributed by atoms with E-state index < -0.39 is 12.1 Å². The predicted octanol–water partition coefficient (Wildman–Crippen LogP) is 3.78. The van der Waals surface area contributed by atoms with Crippen LogP contribution in [0.2, 0.25) is 0 Å². The number of nitrogens with zero attached hydrogens (tertiary/aromatic N) is 1. The monoisotopic (exact) mass is 458 g/mol. The van der Waals surface area contributed by atoms with E-state index in [-0.39, 0.29) is 35.3 Å². The van der Waals surface area contributed by atoms with Crippen molar-refractivity contribution in [3.05, 3.63) is 71.5 Å². The number of benzene rings is 2. The smallest absolute Gasteiger partial charge is 0.411 e. The number of anilines is 3. The molecule has 0 saturated carbocycles. The molecule has 10 nitrogen and oxygen atoms in total. The number of carboxylic acid groups (broad SMARTS) is 1. The summed E-state index contributed by atoms with van der Waals surface area (Å²) in [5.74, 6) is -1.34. The summed E-state index contributed by atoms with van der Waals surface area (Å²) in [5, 5.41) is 31.7. The zero-order valence-corrected chi connectivity index (χ0v) is 17.6. The Kier molecular flexibility index (Phi) is 8.80. The summed E-state index contributed by atoms with van der Waals surface area (Å²) < 4.78 is 17.6. The first-order chi connectivity index (χ1) is 15.7. The van der Waals surface area contributed by atoms with E-state index in [0.29, 0.717) is 18.1 Å². The lowest BCUT2D eigenvalue weighted by atomic mass is 10.2. The van der Waals surface area contributed by atoms with Gasteiger partial charge in [0.25, 0.3) is 0 Å². The number of nitrogens with one attached hydrogen (secondary N) is 2. The lowest BCUT2D eigenvalue weighted by molar-refractivity contribution is 0.0693. The quantitative estimate of drug-likeness (QED) is 0.301. The van der Waals surface area contributed by atoms with E-state index in [0.717, 1.165) is 17.7 Å². The Bertz CT molecular complexity index is 1110. The Morgan fingerprint density at radius 2 is 1.79 bits per heavy atom. The molecule has 3 rings (SSSR count). The second kappa shape index (κ2) is 11.7. The van der Waals surface area contributed by atoms with E-state index in [4.69, 9.17) is 25.8 Å². The molecule has 0 fully saturated rings. The third-order valence-electron chi connectivity index (χ3n) is 4.03. The van der Waals surface area contributed by atoms with Gasteiger partial charge in [-0.25, -0.2) is 19.0 Å². The Morgan fingerprint density at radius 1 is 1.09 bits per heavy atom. The fourth-order valence-corrected chi connectivity index (χ4v) is 2.45. The van der Waals surface area contributed by atoms with Gasteiger partial charge in [-0.05, 0) is 55.0 Å². The van der Waals surface area contributed by atoms with E-state index in [1.165, 1.54) is 18.2 Å². The van der Waals surface area contributed by atoms with E-state index in [1.807, 2.05) is 0 Å². The number of phenolic OH excluding ortho intramolecular Hbond substituents is 1. The highest BCUT2D eigenvalue weighted by Gasteiger charge is 2.09. The van der Waals surface area contributed by atoms with Crippen LogP contribution in [0.1, 0.15) is 22.8 Å². The molecule has 0 aliphatic rings. The molecule has 1 heterocycles. The Morgan fingerprint density at radius 3 is 2.36 bits per heavy atom. The molecule has 0 unspecified atom stereocenters. The molecule has 174 valence electrons. The zero-order chi connectivity index (χ0) is 24.4. The molecule has 0 radical (unpaired) electrons. The summed E-state index contributed by atoms with van der Waals surface area (Å²) in [6.07, 6.45) is -0.581. The Labute approximate surface area is 188 Å². The average molecular weight is 458 g/mol. The molecular formula is C22H23FN4O6. The number of nitrogens with two attached hydrogens (primary N) is 1. The number of aromatic nitrogens is 1. The number of aromatic carboxylic acids is 1. The lowest BCUT2D eigenvalue weighted by Gasteiger charge is -2.10. The van der Waals surface area contributed by atoms with Gasteiger partial charge in [-0.1, -0.05) is 12.1 Å². The normalized spacial score (nSPS) is 9.88. The maximum Gasteiger partial charge on any atom is 0.411 e. The molecule has 0 spiro atoms. The second-order valence-corrected chi connectivity index (χ2v) is 6.46. The number of carbonyl (C=O) groups excluding carboxylic acids is 1. The van der Waals surface area contributed by atoms with Gasteiger partial charge in [0.2, 0.25) is 0 Å². The molecule has 1 aromatic heterocycles. The van der Waals surface area contributed by atoms with Crippen LogP contribution in [0.25, 0.3) is 0 Å². The number of aromatic hydroxyl groups is 2. The maximum absolute atomic E-state index is 12.8. The zero-order valence-electron chi connectivity index (χ0n) is 17.6. The SMILES string of the molecule is CCOC(=O)Nc1ccc(NCc2ccc(F)cc2)nc1N.O=C(O)c1cc(O)ccc1O. The molecule has 0 aliphatic carbocycles. The van der Waals surface area contributed by atoms with Gasteiger partial charge in [0, 0.05) is 6.54 Å². The van der Waals surface area contributed by atoms with Gasteiger partial charge in [-0.3, -0.25) is 5.32 Å². The highest BCUT2D eigenvalue weighted by molar-refractivity contribution is 5.91. The fraction of sp³-hybridized carbons (Fsp3) is 0.136. The first-order valence-electron chi connectivity index (χ1n) is 9.63. The molecule has 0 aliphatic heterocycles. The van der Waals surface area contributed by atoms with E-state index in [1.54, 1.807) is 31.2 Å².